The number of likely N-dealkylation sites (tertiary alicyclic amines) is 1. The summed E-state index contributed by atoms with van der Waals surface area (Å²) in [5.41, 5.74) is 0.000253. The number of nitrogens with one attached hydrogen (secondary N) is 1. The van der Waals surface area contributed by atoms with Gasteiger partial charge in [0.05, 0.1) is 5.60 Å². The number of alkyl halides is 3. The molecule has 0 aliphatic carbocycles. The van der Waals surface area contributed by atoms with E-state index < -0.39 is 12.1 Å². The topological polar surface area (TPSA) is 96.7 Å². The molecular weight excluding hydrogens is 461 g/mol. The minimum Gasteiger partial charge on any atom is -0.475 e. The van der Waals surface area contributed by atoms with Gasteiger partial charge in [-0.25, -0.2) is 9.78 Å². The lowest BCUT2D eigenvalue weighted by atomic mass is 9.79. The molecule has 2 aliphatic rings. The first kappa shape index (κ1) is 25.2. The van der Waals surface area contributed by atoms with E-state index in [0.29, 0.717) is 18.3 Å². The normalized spacial score (nSPS) is 19.6. The largest absolute Gasteiger partial charge is 0.490 e. The summed E-state index contributed by atoms with van der Waals surface area (Å²) in [5, 5.41) is 10.1. The number of imidazole rings is 1. The summed E-state index contributed by atoms with van der Waals surface area (Å²) in [4.78, 5) is 30.4. The van der Waals surface area contributed by atoms with Gasteiger partial charge in [-0.3, -0.25) is 9.69 Å². The van der Waals surface area contributed by atoms with Crippen molar-refractivity contribution in [2.24, 2.45) is 13.0 Å². The maximum atomic E-state index is 12.2. The predicted molar refractivity (Wildman–Crippen MR) is 115 cm³/mol. The van der Waals surface area contributed by atoms with Gasteiger partial charge in [0.1, 0.15) is 0 Å². The summed E-state index contributed by atoms with van der Waals surface area (Å²) in [7, 11) is 1.83. The van der Waals surface area contributed by atoms with Gasteiger partial charge in [0.25, 0.3) is 5.91 Å². The van der Waals surface area contributed by atoms with Crippen LogP contribution in [0.25, 0.3) is 0 Å². The molecule has 2 aromatic rings. The van der Waals surface area contributed by atoms with Crippen molar-refractivity contribution < 1.29 is 32.6 Å². The number of aliphatic carboxylic acids is 1. The number of aromatic nitrogens is 2. The van der Waals surface area contributed by atoms with Crippen molar-refractivity contribution in [3.8, 4) is 0 Å². The molecule has 8 nitrogen and oxygen atoms in total. The fourth-order valence-electron chi connectivity index (χ4n) is 4.18. The van der Waals surface area contributed by atoms with Crippen molar-refractivity contribution in [2.75, 3.05) is 26.2 Å². The molecule has 1 amide bonds. The van der Waals surface area contributed by atoms with Gasteiger partial charge in [-0.1, -0.05) is 0 Å². The molecular formula is C21H27F3N4O4S. The summed E-state index contributed by atoms with van der Waals surface area (Å²) >= 11 is 1.88. The summed E-state index contributed by atoms with van der Waals surface area (Å²) in [6.07, 6.45) is 0.395. The second-order valence-corrected chi connectivity index (χ2v) is 9.64. The van der Waals surface area contributed by atoms with Crippen LogP contribution in [0.4, 0.5) is 13.2 Å². The number of rotatable bonds is 6. The molecule has 0 radical (unpaired) electrons. The number of hydrogen-bond acceptors (Lipinski definition) is 6. The molecule has 4 rings (SSSR count). The van der Waals surface area contributed by atoms with Crippen LogP contribution in [0, 0.1) is 12.8 Å². The second-order valence-electron chi connectivity index (χ2n) is 8.27. The highest BCUT2D eigenvalue weighted by Gasteiger charge is 2.52. The van der Waals surface area contributed by atoms with Crippen LogP contribution in [-0.4, -0.2) is 69.5 Å². The molecule has 2 saturated heterocycles. The molecule has 2 N–H and O–H groups in total. The van der Waals surface area contributed by atoms with E-state index in [1.807, 2.05) is 18.4 Å². The molecule has 1 spiro atoms. The molecule has 182 valence electrons. The molecule has 0 aromatic carbocycles. The van der Waals surface area contributed by atoms with Gasteiger partial charge in [0.15, 0.2) is 5.82 Å². The van der Waals surface area contributed by atoms with Crippen molar-refractivity contribution >= 4 is 23.2 Å². The van der Waals surface area contributed by atoms with Gasteiger partial charge in [-0.2, -0.15) is 13.2 Å². The zero-order valence-corrected chi connectivity index (χ0v) is 19.2. The number of carboxylic acids is 1. The van der Waals surface area contributed by atoms with E-state index in [4.69, 9.17) is 14.6 Å². The third-order valence-electron chi connectivity index (χ3n) is 5.80. The van der Waals surface area contributed by atoms with Gasteiger partial charge < -0.3 is 19.7 Å². The number of nitrogens with zero attached hydrogens (tertiary/aromatic N) is 3. The predicted octanol–water partition coefficient (Wildman–Crippen LogP) is 2.83. The summed E-state index contributed by atoms with van der Waals surface area (Å²) in [6.45, 7) is 6.69. The number of aryl methyl sites for hydroxylation is 2. The molecule has 0 bridgehead atoms. The number of halogens is 3. The van der Waals surface area contributed by atoms with Gasteiger partial charge in [0, 0.05) is 62.0 Å². The molecule has 2 aromatic heterocycles. The van der Waals surface area contributed by atoms with Crippen molar-refractivity contribution in [2.45, 2.75) is 38.1 Å². The van der Waals surface area contributed by atoms with Crippen molar-refractivity contribution in [3.63, 3.8) is 0 Å². The Bertz CT molecular complexity index is 969. The first-order valence-corrected chi connectivity index (χ1v) is 11.3. The van der Waals surface area contributed by atoms with Crippen LogP contribution in [0.2, 0.25) is 0 Å². The van der Waals surface area contributed by atoms with Gasteiger partial charge >= 0.3 is 12.1 Å². The summed E-state index contributed by atoms with van der Waals surface area (Å²) < 4.78 is 39.6. The molecule has 2 aliphatic heterocycles. The van der Waals surface area contributed by atoms with Crippen LogP contribution in [0.3, 0.4) is 0 Å². The smallest absolute Gasteiger partial charge is 0.475 e. The van der Waals surface area contributed by atoms with E-state index in [9.17, 15) is 18.0 Å². The molecule has 33 heavy (non-hydrogen) atoms. The highest BCUT2D eigenvalue weighted by Crippen LogP contribution is 2.42. The van der Waals surface area contributed by atoms with E-state index in [1.165, 1.54) is 9.75 Å². The van der Waals surface area contributed by atoms with Crippen LogP contribution in [0.5, 0.6) is 0 Å². The Morgan fingerprint density at radius 2 is 2.06 bits per heavy atom. The van der Waals surface area contributed by atoms with Crippen molar-refractivity contribution in [3.05, 3.63) is 40.1 Å². The van der Waals surface area contributed by atoms with E-state index in [1.54, 1.807) is 17.0 Å². The Kier molecular flexibility index (Phi) is 7.80. The number of carboxylic acid groups (broad SMARTS) is 1. The lowest BCUT2D eigenvalue weighted by Crippen LogP contribution is -2.64. The Morgan fingerprint density at radius 1 is 1.36 bits per heavy atom. The fourth-order valence-corrected chi connectivity index (χ4v) is 5.11. The monoisotopic (exact) mass is 488 g/mol. The van der Waals surface area contributed by atoms with Crippen LogP contribution < -0.4 is 5.32 Å². The lowest BCUT2D eigenvalue weighted by Gasteiger charge is -2.50. The Labute approximate surface area is 193 Å². The van der Waals surface area contributed by atoms with Crippen molar-refractivity contribution in [1.82, 2.24) is 19.8 Å². The van der Waals surface area contributed by atoms with Crippen LogP contribution >= 0.6 is 11.3 Å². The zero-order valence-electron chi connectivity index (χ0n) is 18.4. The van der Waals surface area contributed by atoms with Crippen LogP contribution in [-0.2, 0) is 23.1 Å². The van der Waals surface area contributed by atoms with Gasteiger partial charge in [0.2, 0.25) is 0 Å². The Morgan fingerprint density at radius 3 is 2.61 bits per heavy atom. The highest BCUT2D eigenvalue weighted by molar-refractivity contribution is 7.11. The van der Waals surface area contributed by atoms with E-state index in [0.717, 1.165) is 39.1 Å². The minimum atomic E-state index is -5.08. The minimum absolute atomic E-state index is 0.000253. The molecule has 1 atom stereocenters. The number of carbonyl (C=O) groups excluding carboxylic acids is 1. The van der Waals surface area contributed by atoms with Crippen LogP contribution in [0.1, 0.15) is 33.2 Å². The molecule has 2 fully saturated rings. The number of hydrogen-bond donors (Lipinski definition) is 2. The Balaban J connectivity index is 0.000000383. The Hall–Kier alpha value is -2.44. The molecule has 0 saturated carbocycles. The second kappa shape index (κ2) is 10.2. The van der Waals surface area contributed by atoms with E-state index in [2.05, 4.69) is 34.3 Å². The van der Waals surface area contributed by atoms with Gasteiger partial charge in [-0.05, 0) is 37.8 Å². The first-order chi connectivity index (χ1) is 15.5. The maximum absolute atomic E-state index is 12.2. The SMILES string of the molecule is Cc1ccc(CN2CC3(C2)OCCC3CCNC(=O)c2nccn2C)s1.O=C(O)C(F)(F)F. The first-order valence-electron chi connectivity index (χ1n) is 10.5. The van der Waals surface area contributed by atoms with Crippen molar-refractivity contribution in [1.29, 1.82) is 0 Å². The quantitative estimate of drug-likeness (QED) is 0.649. The average Bonchev–Trinajstić information content (AvgIpc) is 3.42. The van der Waals surface area contributed by atoms with E-state index in [-0.39, 0.29) is 11.5 Å². The number of carbonyl (C=O) groups is 2. The average molecular weight is 489 g/mol. The summed E-state index contributed by atoms with van der Waals surface area (Å²) in [6, 6.07) is 4.42. The van der Waals surface area contributed by atoms with E-state index >= 15 is 0 Å². The molecule has 1 unspecified atom stereocenters. The lowest BCUT2D eigenvalue weighted by molar-refractivity contribution is -0.192. The highest BCUT2D eigenvalue weighted by atomic mass is 32.1. The third kappa shape index (κ3) is 6.33. The number of amides is 1. The standard InChI is InChI=1S/C19H26N4O2S.C2HF3O2/c1-14-3-4-16(26-14)11-23-12-19(13-23)15(6-10-25-19)5-7-21-18(24)17-20-8-9-22(17)2;3-2(4,5)1(6)7/h3-4,8-9,15H,5-7,10-13H2,1-2H3,(H,21,24);(H,6,7). The molecule has 12 heteroatoms. The number of thiophene rings is 1. The molecule has 4 heterocycles. The van der Waals surface area contributed by atoms with Gasteiger partial charge in [-0.15, -0.1) is 11.3 Å². The number of ether oxygens (including phenoxy) is 1. The summed E-state index contributed by atoms with van der Waals surface area (Å²) in [5.74, 6) is -1.88. The third-order valence-corrected chi connectivity index (χ3v) is 6.79. The zero-order chi connectivity index (χ0) is 24.2. The maximum Gasteiger partial charge on any atom is 0.490 e. The fraction of sp³-hybridized carbons (Fsp3) is 0.571. The van der Waals surface area contributed by atoms with Crippen LogP contribution in [0.15, 0.2) is 24.5 Å².